The Morgan fingerprint density at radius 3 is 2.80 bits per heavy atom. The number of halogens is 2. The van der Waals surface area contributed by atoms with Crippen LogP contribution in [0.1, 0.15) is 34.7 Å². The minimum Gasteiger partial charge on any atom is -0.434 e. The number of alkyl halides is 2. The molecule has 0 aromatic heterocycles. The van der Waals surface area contributed by atoms with Crippen molar-refractivity contribution in [3.05, 3.63) is 29.3 Å². The molecule has 0 radical (unpaired) electrons. The zero-order valence-electron chi connectivity index (χ0n) is 10.8. The summed E-state index contributed by atoms with van der Waals surface area (Å²) in [4.78, 5) is 25.9. The molecule has 1 saturated carbocycles. The molecule has 3 rings (SSSR count). The minimum absolute atomic E-state index is 0.0269. The molecule has 2 bridgehead atoms. The van der Waals surface area contributed by atoms with E-state index < -0.39 is 12.5 Å². The van der Waals surface area contributed by atoms with Crippen LogP contribution in [0.4, 0.5) is 8.78 Å². The van der Waals surface area contributed by atoms with Crippen LogP contribution in [0.2, 0.25) is 0 Å². The molecule has 1 fully saturated rings. The van der Waals surface area contributed by atoms with Crippen LogP contribution in [0.5, 0.6) is 5.75 Å². The van der Waals surface area contributed by atoms with E-state index in [0.717, 1.165) is 0 Å². The Bertz CT molecular complexity index is 588. The molecule has 1 heterocycles. The topological polar surface area (TPSA) is 46.6 Å². The van der Waals surface area contributed by atoms with Gasteiger partial charge in [-0.3, -0.25) is 9.59 Å². The molecular weight excluding hydrogens is 268 g/mol. The maximum absolute atomic E-state index is 12.5. The van der Waals surface area contributed by atoms with Crippen LogP contribution in [0.3, 0.4) is 0 Å². The van der Waals surface area contributed by atoms with E-state index in [9.17, 15) is 18.4 Å². The lowest BCUT2D eigenvalue weighted by molar-refractivity contribution is -0.119. The van der Waals surface area contributed by atoms with Crippen molar-refractivity contribution in [2.45, 2.75) is 31.4 Å². The van der Waals surface area contributed by atoms with Crippen LogP contribution < -0.4 is 4.74 Å². The van der Waals surface area contributed by atoms with Crippen molar-refractivity contribution >= 4 is 11.7 Å². The van der Waals surface area contributed by atoms with Gasteiger partial charge in [0.05, 0.1) is 0 Å². The second-order valence-electron chi connectivity index (χ2n) is 5.12. The molecule has 1 aliphatic heterocycles. The maximum Gasteiger partial charge on any atom is 0.387 e. The van der Waals surface area contributed by atoms with Gasteiger partial charge in [-0.15, -0.1) is 0 Å². The van der Waals surface area contributed by atoms with Crippen molar-refractivity contribution in [2.24, 2.45) is 0 Å². The van der Waals surface area contributed by atoms with Crippen molar-refractivity contribution in [2.75, 3.05) is 7.05 Å². The third-order valence-corrected chi connectivity index (χ3v) is 4.06. The number of carbonyl (C=O) groups excluding carboxylic acids is 2. The van der Waals surface area contributed by atoms with Gasteiger partial charge in [0.2, 0.25) is 0 Å². The Morgan fingerprint density at radius 2 is 2.10 bits per heavy atom. The van der Waals surface area contributed by atoms with Gasteiger partial charge in [0, 0.05) is 36.6 Å². The number of ether oxygens (including phenoxy) is 1. The number of nitrogens with zero attached hydrogens (tertiary/aromatic N) is 1. The smallest absolute Gasteiger partial charge is 0.387 e. The molecule has 1 aromatic carbocycles. The molecule has 0 spiro atoms. The molecular formula is C14H13F2NO3. The summed E-state index contributed by atoms with van der Waals surface area (Å²) in [6.45, 7) is -2.98. The Hall–Kier alpha value is -1.98. The van der Waals surface area contributed by atoms with Crippen LogP contribution in [-0.4, -0.2) is 36.3 Å². The Morgan fingerprint density at radius 1 is 1.35 bits per heavy atom. The van der Waals surface area contributed by atoms with Gasteiger partial charge in [0.1, 0.15) is 11.5 Å². The number of carbonyl (C=O) groups is 2. The third-order valence-electron chi connectivity index (χ3n) is 4.06. The van der Waals surface area contributed by atoms with E-state index in [0.29, 0.717) is 12.0 Å². The zero-order chi connectivity index (χ0) is 14.4. The van der Waals surface area contributed by atoms with E-state index in [1.54, 1.807) is 13.1 Å². The standard InChI is InChI=1S/C14H13F2NO3/c1-17-7-5-9(10(18)6-7)12-8(13(17)19)3-2-4-11(12)20-14(15)16/h2-4,7,9,14H,5-6H2,1H3. The van der Waals surface area contributed by atoms with Gasteiger partial charge in [-0.2, -0.15) is 8.78 Å². The van der Waals surface area contributed by atoms with Crippen molar-refractivity contribution < 1.29 is 23.1 Å². The first-order chi connectivity index (χ1) is 9.49. The van der Waals surface area contributed by atoms with Gasteiger partial charge in [0.15, 0.2) is 0 Å². The highest BCUT2D eigenvalue weighted by molar-refractivity contribution is 6.02. The first-order valence-corrected chi connectivity index (χ1v) is 6.36. The van der Waals surface area contributed by atoms with Gasteiger partial charge >= 0.3 is 6.61 Å². The number of ketones is 1. The summed E-state index contributed by atoms with van der Waals surface area (Å²) in [7, 11) is 1.64. The number of rotatable bonds is 2. The molecule has 1 aliphatic carbocycles. The number of fused-ring (bicyclic) bond motifs is 4. The van der Waals surface area contributed by atoms with Crippen LogP contribution >= 0.6 is 0 Å². The number of benzene rings is 1. The lowest BCUT2D eigenvalue weighted by Gasteiger charge is -2.23. The van der Waals surface area contributed by atoms with E-state index in [1.807, 2.05) is 0 Å². The van der Waals surface area contributed by atoms with Crippen molar-refractivity contribution in [3.63, 3.8) is 0 Å². The average molecular weight is 281 g/mol. The maximum atomic E-state index is 12.5. The Balaban J connectivity index is 2.17. The van der Waals surface area contributed by atoms with Crippen LogP contribution in [0, 0.1) is 0 Å². The van der Waals surface area contributed by atoms with Gasteiger partial charge in [-0.05, 0) is 18.6 Å². The highest BCUT2D eigenvalue weighted by atomic mass is 19.3. The summed E-state index contributed by atoms with van der Waals surface area (Å²) in [5, 5.41) is 0. The lowest BCUT2D eigenvalue weighted by atomic mass is 9.91. The Labute approximate surface area is 114 Å². The first kappa shape index (κ1) is 13.0. The number of Topliss-reactive ketones (excluding diaryl/α,β-unsaturated/α-hetero) is 1. The zero-order valence-corrected chi connectivity index (χ0v) is 10.8. The van der Waals surface area contributed by atoms with Crippen molar-refractivity contribution in [3.8, 4) is 5.75 Å². The van der Waals surface area contributed by atoms with Crippen molar-refractivity contribution in [1.82, 2.24) is 4.90 Å². The number of hydrogen-bond donors (Lipinski definition) is 0. The van der Waals surface area contributed by atoms with Crippen LogP contribution in [0.15, 0.2) is 18.2 Å². The second-order valence-corrected chi connectivity index (χ2v) is 5.12. The van der Waals surface area contributed by atoms with E-state index in [4.69, 9.17) is 0 Å². The van der Waals surface area contributed by atoms with E-state index in [2.05, 4.69) is 4.74 Å². The largest absolute Gasteiger partial charge is 0.434 e. The average Bonchev–Trinajstić information content (AvgIpc) is 2.73. The number of hydrogen-bond acceptors (Lipinski definition) is 3. The van der Waals surface area contributed by atoms with E-state index >= 15 is 0 Å². The van der Waals surface area contributed by atoms with E-state index in [1.165, 1.54) is 17.0 Å². The van der Waals surface area contributed by atoms with Gasteiger partial charge < -0.3 is 9.64 Å². The molecule has 0 saturated heterocycles. The predicted octanol–water partition coefficient (Wildman–Crippen LogP) is 2.19. The molecule has 1 aromatic rings. The minimum atomic E-state index is -2.98. The first-order valence-electron chi connectivity index (χ1n) is 6.36. The summed E-state index contributed by atoms with van der Waals surface area (Å²) < 4.78 is 29.5. The summed E-state index contributed by atoms with van der Waals surface area (Å²) in [6, 6.07) is 4.27. The highest BCUT2D eigenvalue weighted by Crippen LogP contribution is 2.43. The van der Waals surface area contributed by atoms with Crippen LogP contribution in [-0.2, 0) is 4.79 Å². The molecule has 4 nitrogen and oxygen atoms in total. The fourth-order valence-corrected chi connectivity index (χ4v) is 3.08. The van der Waals surface area contributed by atoms with Crippen molar-refractivity contribution in [1.29, 1.82) is 0 Å². The summed E-state index contributed by atoms with van der Waals surface area (Å²) in [5.74, 6) is -0.875. The normalized spacial score (nSPS) is 24.9. The third kappa shape index (κ3) is 1.87. The fourth-order valence-electron chi connectivity index (χ4n) is 3.08. The quantitative estimate of drug-likeness (QED) is 0.834. The monoisotopic (exact) mass is 281 g/mol. The van der Waals surface area contributed by atoms with Crippen LogP contribution in [0.25, 0.3) is 0 Å². The molecule has 2 unspecified atom stereocenters. The predicted molar refractivity (Wildman–Crippen MR) is 65.9 cm³/mol. The molecule has 2 atom stereocenters. The van der Waals surface area contributed by atoms with Gasteiger partial charge in [-0.1, -0.05) is 6.07 Å². The molecule has 6 heteroatoms. The number of amides is 1. The van der Waals surface area contributed by atoms with Gasteiger partial charge in [0.25, 0.3) is 5.91 Å². The molecule has 2 aliphatic rings. The molecule has 0 N–H and O–H groups in total. The molecule has 20 heavy (non-hydrogen) atoms. The summed E-state index contributed by atoms with van der Waals surface area (Å²) >= 11 is 0. The summed E-state index contributed by atoms with van der Waals surface area (Å²) in [5.41, 5.74) is 0.598. The van der Waals surface area contributed by atoms with E-state index in [-0.39, 0.29) is 35.5 Å². The second kappa shape index (κ2) is 4.54. The SMILES string of the molecule is CN1C(=O)c2cccc(OC(F)F)c2C2CC1CC2=O. The molecule has 106 valence electrons. The summed E-state index contributed by atoms with van der Waals surface area (Å²) in [6.07, 6.45) is 0.743. The highest BCUT2D eigenvalue weighted by Gasteiger charge is 2.44. The fraction of sp³-hybridized carbons (Fsp3) is 0.429. The van der Waals surface area contributed by atoms with Gasteiger partial charge in [-0.25, -0.2) is 0 Å². The molecule has 1 amide bonds. The Kier molecular flexibility index (Phi) is 2.96. The lowest BCUT2D eigenvalue weighted by Crippen LogP contribution is -2.35.